The Hall–Kier alpha value is -0.0300. The number of nitrogens with zero attached hydrogens (tertiary/aromatic N) is 1. The van der Waals surface area contributed by atoms with Crippen molar-refractivity contribution < 1.29 is 0 Å². The van der Waals surface area contributed by atoms with Gasteiger partial charge in [0.15, 0.2) is 0 Å². The Morgan fingerprint density at radius 1 is 1.25 bits per heavy atom. The lowest BCUT2D eigenvalue weighted by atomic mass is 10.2. The van der Waals surface area contributed by atoms with Gasteiger partial charge in [-0.15, -0.1) is 11.8 Å². The van der Waals surface area contributed by atoms with Crippen molar-refractivity contribution in [1.82, 2.24) is 10.2 Å². The summed E-state index contributed by atoms with van der Waals surface area (Å²) >= 11 is 5.62. The van der Waals surface area contributed by atoms with E-state index in [2.05, 4.69) is 72.0 Å². The van der Waals surface area contributed by atoms with Gasteiger partial charge >= 0.3 is 0 Å². The van der Waals surface area contributed by atoms with Crippen molar-refractivity contribution in [2.75, 3.05) is 25.4 Å². The van der Waals surface area contributed by atoms with Gasteiger partial charge in [0, 0.05) is 34.3 Å². The number of halogens is 1. The van der Waals surface area contributed by atoms with Crippen LogP contribution in [0.3, 0.4) is 0 Å². The number of hydrogen-bond donors (Lipinski definition) is 1. The van der Waals surface area contributed by atoms with Crippen molar-refractivity contribution in [2.24, 2.45) is 0 Å². The minimum atomic E-state index is 0.525. The molecule has 0 bridgehead atoms. The van der Waals surface area contributed by atoms with Gasteiger partial charge in [-0.05, 0) is 46.7 Å². The highest BCUT2D eigenvalue weighted by Gasteiger charge is 2.04. The van der Waals surface area contributed by atoms with E-state index in [9.17, 15) is 0 Å². The standard InChI is InChI=1S/C16H27BrN2S/c1-5-19(6-2)9-10-20-16-8-7-14(11-15(16)17)12-18-13(3)4/h7-8,11,13,18H,5-6,9-10,12H2,1-4H3. The highest BCUT2D eigenvalue weighted by atomic mass is 79.9. The lowest BCUT2D eigenvalue weighted by molar-refractivity contribution is 0.324. The Balaban J connectivity index is 2.47. The van der Waals surface area contributed by atoms with Gasteiger partial charge in [-0.2, -0.15) is 0 Å². The Morgan fingerprint density at radius 2 is 1.95 bits per heavy atom. The fraction of sp³-hybridized carbons (Fsp3) is 0.625. The van der Waals surface area contributed by atoms with Crippen molar-refractivity contribution in [3.8, 4) is 0 Å². The fourth-order valence-electron chi connectivity index (χ4n) is 1.92. The van der Waals surface area contributed by atoms with Crippen molar-refractivity contribution in [3.63, 3.8) is 0 Å². The van der Waals surface area contributed by atoms with Gasteiger partial charge in [-0.1, -0.05) is 33.8 Å². The first-order valence-electron chi connectivity index (χ1n) is 7.43. The molecule has 0 aliphatic heterocycles. The highest BCUT2D eigenvalue weighted by molar-refractivity contribution is 9.10. The van der Waals surface area contributed by atoms with E-state index in [1.807, 2.05) is 11.8 Å². The maximum atomic E-state index is 3.69. The first kappa shape index (κ1) is 18.0. The molecule has 0 heterocycles. The minimum absolute atomic E-state index is 0.525. The monoisotopic (exact) mass is 358 g/mol. The van der Waals surface area contributed by atoms with E-state index in [0.29, 0.717) is 6.04 Å². The average Bonchev–Trinajstić information content (AvgIpc) is 2.43. The van der Waals surface area contributed by atoms with Crippen LogP contribution < -0.4 is 5.32 Å². The summed E-state index contributed by atoms with van der Waals surface area (Å²) in [6.45, 7) is 13.2. The third-order valence-electron chi connectivity index (χ3n) is 3.27. The van der Waals surface area contributed by atoms with Gasteiger partial charge in [0.2, 0.25) is 0 Å². The number of nitrogens with one attached hydrogen (secondary N) is 1. The molecule has 1 N–H and O–H groups in total. The summed E-state index contributed by atoms with van der Waals surface area (Å²) in [7, 11) is 0. The largest absolute Gasteiger partial charge is 0.310 e. The first-order chi connectivity index (χ1) is 9.56. The molecule has 0 fully saturated rings. The molecule has 0 amide bonds. The normalized spacial score (nSPS) is 11.6. The van der Waals surface area contributed by atoms with E-state index in [0.717, 1.165) is 31.9 Å². The van der Waals surface area contributed by atoms with Gasteiger partial charge in [0.1, 0.15) is 0 Å². The number of rotatable bonds is 9. The Morgan fingerprint density at radius 3 is 2.50 bits per heavy atom. The molecule has 1 rings (SSSR count). The summed E-state index contributed by atoms with van der Waals surface area (Å²) in [6, 6.07) is 7.21. The Bertz CT molecular complexity index is 392. The molecule has 0 saturated carbocycles. The van der Waals surface area contributed by atoms with Crippen LogP contribution in [0.2, 0.25) is 0 Å². The molecular weight excluding hydrogens is 332 g/mol. The van der Waals surface area contributed by atoms with E-state index >= 15 is 0 Å². The SMILES string of the molecule is CCN(CC)CCSc1ccc(CNC(C)C)cc1Br. The van der Waals surface area contributed by atoms with Crippen LogP contribution in [0, 0.1) is 0 Å². The molecule has 0 atom stereocenters. The second kappa shape index (κ2) is 9.82. The zero-order chi connectivity index (χ0) is 15.0. The molecule has 1 aromatic carbocycles. The molecule has 2 nitrogen and oxygen atoms in total. The van der Waals surface area contributed by atoms with Gasteiger partial charge in [0.05, 0.1) is 0 Å². The van der Waals surface area contributed by atoms with E-state index in [1.54, 1.807) is 0 Å². The molecule has 1 aromatic rings. The van der Waals surface area contributed by atoms with Gasteiger partial charge in [-0.3, -0.25) is 0 Å². The lowest BCUT2D eigenvalue weighted by Crippen LogP contribution is -2.25. The fourth-order valence-corrected chi connectivity index (χ4v) is 3.62. The molecule has 0 aliphatic rings. The molecule has 114 valence electrons. The second-order valence-electron chi connectivity index (χ2n) is 5.18. The molecule has 0 radical (unpaired) electrons. The van der Waals surface area contributed by atoms with Crippen LogP contribution in [0.4, 0.5) is 0 Å². The molecule has 0 saturated heterocycles. The first-order valence-corrected chi connectivity index (χ1v) is 9.21. The van der Waals surface area contributed by atoms with Crippen molar-refractivity contribution in [1.29, 1.82) is 0 Å². The quantitative estimate of drug-likeness (QED) is 0.659. The molecule has 0 aliphatic carbocycles. The maximum Gasteiger partial charge on any atom is 0.0314 e. The summed E-state index contributed by atoms with van der Waals surface area (Å²) in [4.78, 5) is 3.80. The smallest absolute Gasteiger partial charge is 0.0314 e. The Kier molecular flexibility index (Phi) is 8.85. The van der Waals surface area contributed by atoms with Crippen LogP contribution >= 0.6 is 27.7 Å². The molecule has 20 heavy (non-hydrogen) atoms. The maximum absolute atomic E-state index is 3.69. The topological polar surface area (TPSA) is 15.3 Å². The lowest BCUT2D eigenvalue weighted by Gasteiger charge is -2.17. The Labute approximate surface area is 136 Å². The van der Waals surface area contributed by atoms with E-state index < -0.39 is 0 Å². The highest BCUT2D eigenvalue weighted by Crippen LogP contribution is 2.28. The number of benzene rings is 1. The van der Waals surface area contributed by atoms with Crippen LogP contribution in [0.15, 0.2) is 27.6 Å². The van der Waals surface area contributed by atoms with Crippen LogP contribution in [-0.2, 0) is 6.54 Å². The summed E-state index contributed by atoms with van der Waals surface area (Å²) in [5, 5.41) is 3.45. The minimum Gasteiger partial charge on any atom is -0.310 e. The number of thioether (sulfide) groups is 1. The molecule has 0 aromatic heterocycles. The summed E-state index contributed by atoms with van der Waals surface area (Å²) in [5.74, 6) is 1.14. The van der Waals surface area contributed by atoms with Crippen LogP contribution in [0.25, 0.3) is 0 Å². The van der Waals surface area contributed by atoms with Gasteiger partial charge < -0.3 is 10.2 Å². The van der Waals surface area contributed by atoms with Crippen molar-refractivity contribution >= 4 is 27.7 Å². The number of hydrogen-bond acceptors (Lipinski definition) is 3. The van der Waals surface area contributed by atoms with Crippen LogP contribution in [-0.4, -0.2) is 36.3 Å². The molecular formula is C16H27BrN2S. The van der Waals surface area contributed by atoms with Crippen LogP contribution in [0.1, 0.15) is 33.3 Å². The zero-order valence-electron chi connectivity index (χ0n) is 13.1. The molecule has 0 unspecified atom stereocenters. The second-order valence-corrected chi connectivity index (χ2v) is 7.17. The van der Waals surface area contributed by atoms with E-state index in [1.165, 1.54) is 14.9 Å². The molecule has 0 spiro atoms. The van der Waals surface area contributed by atoms with Crippen molar-refractivity contribution in [3.05, 3.63) is 28.2 Å². The predicted molar refractivity (Wildman–Crippen MR) is 94.6 cm³/mol. The van der Waals surface area contributed by atoms with Crippen molar-refractivity contribution in [2.45, 2.75) is 45.2 Å². The van der Waals surface area contributed by atoms with E-state index in [4.69, 9.17) is 0 Å². The molecule has 4 heteroatoms. The van der Waals surface area contributed by atoms with Gasteiger partial charge in [-0.25, -0.2) is 0 Å². The third-order valence-corrected chi connectivity index (χ3v) is 5.24. The average molecular weight is 359 g/mol. The summed E-state index contributed by atoms with van der Waals surface area (Å²) in [6.07, 6.45) is 0. The van der Waals surface area contributed by atoms with E-state index in [-0.39, 0.29) is 0 Å². The third kappa shape index (κ3) is 6.61. The summed E-state index contributed by atoms with van der Waals surface area (Å²) in [5.41, 5.74) is 1.33. The summed E-state index contributed by atoms with van der Waals surface area (Å²) < 4.78 is 1.21. The predicted octanol–water partition coefficient (Wildman–Crippen LogP) is 4.38. The van der Waals surface area contributed by atoms with Crippen LogP contribution in [0.5, 0.6) is 0 Å². The zero-order valence-corrected chi connectivity index (χ0v) is 15.5. The van der Waals surface area contributed by atoms with Gasteiger partial charge in [0.25, 0.3) is 0 Å².